The number of nitrogens with zero attached hydrogens (tertiary/aromatic N) is 1. The van der Waals surface area contributed by atoms with Gasteiger partial charge in [-0.3, -0.25) is 0 Å². The first-order valence-corrected chi connectivity index (χ1v) is 20.1. The molecule has 0 amide bonds. The molecule has 1 nitrogen and oxygen atoms in total. The zero-order valence-corrected chi connectivity index (χ0v) is 30.8. The molecular weight excluding hydrogens is 555 g/mol. The summed E-state index contributed by atoms with van der Waals surface area (Å²) in [5, 5.41) is 0. The van der Waals surface area contributed by atoms with Crippen molar-refractivity contribution >= 4 is 42.0 Å². The summed E-state index contributed by atoms with van der Waals surface area (Å²) in [7, 11) is 0. The average Bonchev–Trinajstić information content (AvgIpc) is 2.96. The van der Waals surface area contributed by atoms with E-state index in [1.807, 2.05) is 0 Å². The standard InChI is InChI=1S/C37H75NS3/c1-3-5-7-9-11-13-15-17-19-21-23-25-27-29-31-33-35-38(41,37(39)40)36-34-32-30-28-26-24-22-20-18-16-14-12-10-8-6-4-2/h3-36H2,1-2H3,(H,39,40). The van der Waals surface area contributed by atoms with Crippen LogP contribution in [0.4, 0.5) is 0 Å². The van der Waals surface area contributed by atoms with Crippen molar-refractivity contribution in [2.24, 2.45) is 0 Å². The van der Waals surface area contributed by atoms with Crippen LogP contribution in [0.3, 0.4) is 0 Å². The molecule has 246 valence electrons. The zero-order valence-electron chi connectivity index (χ0n) is 28.3. The number of quaternary nitrogens is 1. The Morgan fingerprint density at radius 3 is 0.732 bits per heavy atom. The average molecular weight is 630 g/mol. The third-order valence-corrected chi connectivity index (χ3v) is 10.6. The van der Waals surface area contributed by atoms with Crippen LogP contribution < -0.4 is 0 Å². The van der Waals surface area contributed by atoms with Crippen LogP contribution >= 0.6 is 24.8 Å². The van der Waals surface area contributed by atoms with Gasteiger partial charge in [0.1, 0.15) is 0 Å². The fourth-order valence-corrected chi connectivity index (χ4v) is 6.77. The van der Waals surface area contributed by atoms with Crippen LogP contribution in [0.15, 0.2) is 0 Å². The first-order chi connectivity index (χ1) is 20.1. The van der Waals surface area contributed by atoms with Crippen LogP contribution in [0, 0.1) is 0 Å². The van der Waals surface area contributed by atoms with Gasteiger partial charge in [-0.25, -0.2) is 0 Å². The summed E-state index contributed by atoms with van der Waals surface area (Å²) >= 11 is 16.0. The fourth-order valence-electron chi connectivity index (χ4n) is 6.13. The minimum Gasteiger partial charge on any atom is -0.486 e. The van der Waals surface area contributed by atoms with Gasteiger partial charge in [-0.15, -0.1) is 0 Å². The molecule has 4 heteroatoms. The van der Waals surface area contributed by atoms with Gasteiger partial charge in [-0.05, 0) is 37.9 Å². The van der Waals surface area contributed by atoms with Crippen molar-refractivity contribution in [1.82, 2.24) is 0 Å². The second kappa shape index (κ2) is 33.6. The molecule has 0 aromatic heterocycles. The molecule has 0 aromatic carbocycles. The maximum Gasteiger partial charge on any atom is 0.212 e. The Morgan fingerprint density at radius 2 is 0.561 bits per heavy atom. The maximum atomic E-state index is 5.96. The Morgan fingerprint density at radius 1 is 0.390 bits per heavy atom. The molecule has 0 saturated heterocycles. The van der Waals surface area contributed by atoms with E-state index in [9.17, 15) is 0 Å². The van der Waals surface area contributed by atoms with Gasteiger partial charge in [0.25, 0.3) is 0 Å². The molecule has 0 aliphatic carbocycles. The number of hydrogen-bond acceptors (Lipinski definition) is 2. The summed E-state index contributed by atoms with van der Waals surface area (Å²) in [6.45, 7) is 6.59. The van der Waals surface area contributed by atoms with Crippen molar-refractivity contribution in [1.29, 1.82) is 0 Å². The quantitative estimate of drug-likeness (QED) is 0.0247. The molecule has 0 saturated carbocycles. The van der Waals surface area contributed by atoms with Crippen molar-refractivity contribution in [3.63, 3.8) is 0 Å². The molecule has 0 heterocycles. The van der Waals surface area contributed by atoms with Crippen LogP contribution in [0.5, 0.6) is 0 Å². The normalized spacial score (nSPS) is 11.9. The number of thiol groups is 1. The highest BCUT2D eigenvalue weighted by molar-refractivity contribution is 8.10. The molecule has 0 bridgehead atoms. The Balaban J connectivity index is 3.51. The van der Waals surface area contributed by atoms with Gasteiger partial charge in [0, 0.05) is 0 Å². The summed E-state index contributed by atoms with van der Waals surface area (Å²) in [5.41, 5.74) is 0. The lowest BCUT2D eigenvalue weighted by Crippen LogP contribution is -2.46. The van der Waals surface area contributed by atoms with Crippen LogP contribution in [-0.4, -0.2) is 21.3 Å². The maximum absolute atomic E-state index is 5.96. The highest BCUT2D eigenvalue weighted by Crippen LogP contribution is 2.19. The topological polar surface area (TPSA) is 0 Å². The molecule has 0 unspecified atom stereocenters. The van der Waals surface area contributed by atoms with E-state index >= 15 is 0 Å². The smallest absolute Gasteiger partial charge is 0.212 e. The van der Waals surface area contributed by atoms with Crippen molar-refractivity contribution in [2.75, 3.05) is 13.1 Å². The Labute approximate surface area is 277 Å². The monoisotopic (exact) mass is 630 g/mol. The summed E-state index contributed by atoms with van der Waals surface area (Å²) < 4.78 is 1.19. The van der Waals surface area contributed by atoms with Gasteiger partial charge in [0.05, 0.1) is 13.1 Å². The lowest BCUT2D eigenvalue weighted by Gasteiger charge is -2.42. The van der Waals surface area contributed by atoms with E-state index in [-0.39, 0.29) is 0 Å². The van der Waals surface area contributed by atoms with Crippen LogP contribution in [0.2, 0.25) is 0 Å². The van der Waals surface area contributed by atoms with E-state index in [1.54, 1.807) is 0 Å². The van der Waals surface area contributed by atoms with E-state index in [2.05, 4.69) is 26.5 Å². The molecule has 41 heavy (non-hydrogen) atoms. The lowest BCUT2D eigenvalue weighted by molar-refractivity contribution is -0.691. The van der Waals surface area contributed by atoms with Crippen molar-refractivity contribution in [2.45, 2.75) is 219 Å². The summed E-state index contributed by atoms with van der Waals surface area (Å²) in [5.74, 6) is 0. The predicted molar refractivity (Wildman–Crippen MR) is 198 cm³/mol. The molecule has 0 spiro atoms. The number of rotatable bonds is 34. The second-order valence-corrected chi connectivity index (χ2v) is 15.0. The first kappa shape index (κ1) is 41.8. The zero-order chi connectivity index (χ0) is 30.1. The third kappa shape index (κ3) is 30.6. The van der Waals surface area contributed by atoms with Crippen molar-refractivity contribution in [3.8, 4) is 0 Å². The Hall–Kier alpha value is 0.750. The molecular formula is C37H75NS3. The van der Waals surface area contributed by atoms with Gasteiger partial charge in [-0.2, -0.15) is 0 Å². The van der Waals surface area contributed by atoms with Crippen LogP contribution in [-0.2, 0) is 12.8 Å². The summed E-state index contributed by atoms with van der Waals surface area (Å²) in [6, 6.07) is 0. The van der Waals surface area contributed by atoms with Crippen molar-refractivity contribution < 1.29 is 3.89 Å². The lowest BCUT2D eigenvalue weighted by atomic mass is 10.0. The van der Waals surface area contributed by atoms with Crippen LogP contribution in [0.25, 0.3) is 0 Å². The number of unbranched alkanes of at least 4 members (excludes halogenated alkanes) is 30. The fraction of sp³-hybridized carbons (Fsp3) is 0.973. The number of thiocarbonyl (C=S) groups is 1. The van der Waals surface area contributed by atoms with Gasteiger partial charge >= 0.3 is 0 Å². The number of hydrogen-bond donors (Lipinski definition) is 1. The summed E-state index contributed by atoms with van der Waals surface area (Å²) in [6.07, 6.45) is 45.0. The van der Waals surface area contributed by atoms with E-state index in [0.29, 0.717) is 8.21 Å². The van der Waals surface area contributed by atoms with E-state index in [1.165, 1.54) is 205 Å². The minimum absolute atomic E-state index is 0.482. The van der Waals surface area contributed by atoms with Gasteiger partial charge in [0.2, 0.25) is 4.32 Å². The highest BCUT2D eigenvalue weighted by atomic mass is 32.1. The second-order valence-electron chi connectivity index (χ2n) is 13.2. The Kier molecular flexibility index (Phi) is 34.3. The van der Waals surface area contributed by atoms with Gasteiger partial charge in [0.15, 0.2) is 0 Å². The van der Waals surface area contributed by atoms with Crippen LogP contribution in [0.1, 0.15) is 219 Å². The molecule has 0 aliphatic rings. The van der Waals surface area contributed by atoms with Crippen molar-refractivity contribution in [3.05, 3.63) is 0 Å². The molecule has 0 fully saturated rings. The molecule has 0 radical (unpaired) electrons. The van der Waals surface area contributed by atoms with E-state index in [0.717, 1.165) is 13.1 Å². The molecule has 0 rings (SSSR count). The first-order valence-electron chi connectivity index (χ1n) is 18.9. The molecule has 0 aliphatic heterocycles. The Bertz CT molecular complexity index is 488. The molecule has 0 aromatic rings. The predicted octanol–water partition coefficient (Wildman–Crippen LogP) is 14.0. The highest BCUT2D eigenvalue weighted by Gasteiger charge is 2.17. The van der Waals surface area contributed by atoms with Gasteiger partial charge in [-0.1, -0.05) is 206 Å². The van der Waals surface area contributed by atoms with E-state index in [4.69, 9.17) is 25.0 Å². The minimum atomic E-state index is 0.482. The third-order valence-electron chi connectivity index (χ3n) is 9.09. The molecule has 0 atom stereocenters. The SMILES string of the molecule is CCCCCCCCCCCCCCCCCC[N+]([S-])(CCCCCCCCCCCCCCCCCC)C(=S)S. The van der Waals surface area contributed by atoms with Gasteiger partial charge < -0.3 is 16.7 Å². The van der Waals surface area contributed by atoms with E-state index < -0.39 is 0 Å². The molecule has 0 N–H and O–H groups in total. The summed E-state index contributed by atoms with van der Waals surface area (Å²) in [4.78, 5) is 0. The largest absolute Gasteiger partial charge is 0.486 e.